The van der Waals surface area contributed by atoms with Gasteiger partial charge in [0.15, 0.2) is 0 Å². The number of aliphatic hydroxyl groups excluding tert-OH is 1. The first-order chi connectivity index (χ1) is 18.1. The van der Waals surface area contributed by atoms with Gasteiger partial charge < -0.3 is 5.11 Å². The molecule has 38 heavy (non-hydrogen) atoms. The van der Waals surface area contributed by atoms with Gasteiger partial charge in [0.2, 0.25) is 20.0 Å². The molecule has 0 bridgehead atoms. The molecule has 3 rings (SSSR count). The maximum Gasteiger partial charge on any atom is 0.243 e. The van der Waals surface area contributed by atoms with Crippen molar-refractivity contribution in [2.24, 2.45) is 0 Å². The summed E-state index contributed by atoms with van der Waals surface area (Å²) < 4.78 is 57.2. The van der Waals surface area contributed by atoms with Crippen LogP contribution in [0, 0.1) is 0 Å². The van der Waals surface area contributed by atoms with Crippen LogP contribution in [-0.2, 0) is 20.0 Å². The minimum Gasteiger partial charge on any atom is -0.384 e. The van der Waals surface area contributed by atoms with E-state index in [4.69, 9.17) is 0 Å². The Morgan fingerprint density at radius 1 is 0.605 bits per heavy atom. The van der Waals surface area contributed by atoms with Crippen LogP contribution >= 0.6 is 0 Å². The summed E-state index contributed by atoms with van der Waals surface area (Å²) in [6.45, 7) is 10.0. The van der Waals surface area contributed by atoms with Crippen molar-refractivity contribution in [2.75, 3.05) is 26.2 Å². The van der Waals surface area contributed by atoms with Crippen molar-refractivity contribution >= 4 is 20.0 Å². The zero-order valence-electron chi connectivity index (χ0n) is 23.3. The summed E-state index contributed by atoms with van der Waals surface area (Å²) in [5.41, 5.74) is 2.46. The first-order valence-electron chi connectivity index (χ1n) is 14.1. The van der Waals surface area contributed by atoms with Crippen molar-refractivity contribution in [2.45, 2.75) is 95.0 Å². The van der Waals surface area contributed by atoms with Crippen molar-refractivity contribution < 1.29 is 21.9 Å². The second-order valence-electron chi connectivity index (χ2n) is 10.1. The Labute approximate surface area is 230 Å². The Kier molecular flexibility index (Phi) is 10.9. The summed E-state index contributed by atoms with van der Waals surface area (Å²) in [5, 5.41) is 11.2. The van der Waals surface area contributed by atoms with Crippen molar-refractivity contribution in [1.82, 2.24) is 8.61 Å². The molecule has 212 valence electrons. The number of hydrogen-bond donors (Lipinski definition) is 1. The number of sulfonamides is 2. The van der Waals surface area contributed by atoms with Gasteiger partial charge in [0.1, 0.15) is 6.10 Å². The molecule has 2 aromatic carbocycles. The maximum absolute atomic E-state index is 13.5. The molecule has 0 aliphatic heterocycles. The maximum atomic E-state index is 13.5. The second-order valence-corrected chi connectivity index (χ2v) is 14.0. The zero-order valence-corrected chi connectivity index (χ0v) is 25.0. The Morgan fingerprint density at radius 3 is 1.21 bits per heavy atom. The minimum atomic E-state index is -3.72. The summed E-state index contributed by atoms with van der Waals surface area (Å²) >= 11 is 0. The van der Waals surface area contributed by atoms with E-state index in [9.17, 15) is 21.9 Å². The number of benzene rings is 2. The van der Waals surface area contributed by atoms with E-state index in [-0.39, 0.29) is 9.79 Å². The SMILES string of the molecule is CCCCN(CCCC)S(=O)(=O)c1ccc2c(c1)C(O)c1cc(S(=O)(=O)N(CCCC)CCCC)ccc1-2. The lowest BCUT2D eigenvalue weighted by molar-refractivity contribution is 0.224. The third kappa shape index (κ3) is 6.50. The van der Waals surface area contributed by atoms with Crippen LogP contribution in [0.1, 0.15) is 96.3 Å². The molecule has 0 heterocycles. The molecule has 0 atom stereocenters. The monoisotopic (exact) mass is 564 g/mol. The Morgan fingerprint density at radius 2 is 0.921 bits per heavy atom. The van der Waals surface area contributed by atoms with Gasteiger partial charge in [-0.2, -0.15) is 8.61 Å². The number of unbranched alkanes of at least 4 members (excludes halogenated alkanes) is 4. The largest absolute Gasteiger partial charge is 0.384 e. The summed E-state index contributed by atoms with van der Waals surface area (Å²) in [6.07, 6.45) is 5.64. The zero-order chi connectivity index (χ0) is 27.9. The normalized spacial score (nSPS) is 13.9. The number of fused-ring (bicyclic) bond motifs is 3. The van der Waals surface area contributed by atoms with Crippen LogP contribution < -0.4 is 0 Å². The van der Waals surface area contributed by atoms with E-state index in [0.717, 1.165) is 62.5 Å². The first-order valence-corrected chi connectivity index (χ1v) is 17.0. The molecule has 0 amide bonds. The molecule has 1 N–H and O–H groups in total. The van der Waals surface area contributed by atoms with Gasteiger partial charge >= 0.3 is 0 Å². The number of nitrogens with zero attached hydrogens (tertiary/aromatic N) is 2. The summed E-state index contributed by atoms with van der Waals surface area (Å²) in [4.78, 5) is 0.321. The number of rotatable bonds is 16. The summed E-state index contributed by atoms with van der Waals surface area (Å²) in [7, 11) is -7.44. The lowest BCUT2D eigenvalue weighted by Crippen LogP contribution is -2.33. The van der Waals surface area contributed by atoms with E-state index in [1.807, 2.05) is 27.7 Å². The number of hydrogen-bond acceptors (Lipinski definition) is 5. The van der Waals surface area contributed by atoms with Gasteiger partial charge in [0.05, 0.1) is 9.79 Å². The van der Waals surface area contributed by atoms with Crippen molar-refractivity contribution in [3.05, 3.63) is 47.5 Å². The highest BCUT2D eigenvalue weighted by Gasteiger charge is 2.33. The molecule has 9 heteroatoms. The molecule has 7 nitrogen and oxygen atoms in total. The van der Waals surface area contributed by atoms with Crippen molar-refractivity contribution in [3.8, 4) is 11.1 Å². The van der Waals surface area contributed by atoms with Crippen LogP contribution in [0.3, 0.4) is 0 Å². The van der Waals surface area contributed by atoms with E-state index in [2.05, 4.69) is 0 Å². The molecule has 0 aromatic heterocycles. The molecule has 0 radical (unpaired) electrons. The predicted octanol–water partition coefficient (Wildman–Crippen LogP) is 5.93. The highest BCUT2D eigenvalue weighted by Crippen LogP contribution is 2.45. The van der Waals surface area contributed by atoms with E-state index in [1.165, 1.54) is 0 Å². The highest BCUT2D eigenvalue weighted by molar-refractivity contribution is 7.89. The van der Waals surface area contributed by atoms with Gasteiger partial charge in [0.25, 0.3) is 0 Å². The van der Waals surface area contributed by atoms with Gasteiger partial charge in [-0.1, -0.05) is 65.5 Å². The molecule has 0 spiro atoms. The average molecular weight is 565 g/mol. The standard InChI is InChI=1S/C29H44N2O5S2/c1-5-9-17-30(18-10-6-2)37(33,34)23-13-15-25-26-16-14-24(22-28(26)29(32)27(25)21-23)38(35,36)31(19-11-7-3)20-12-8-4/h13-16,21-22,29,32H,5-12,17-20H2,1-4H3. The number of aliphatic hydroxyl groups is 1. The van der Waals surface area contributed by atoms with Gasteiger partial charge in [0, 0.05) is 26.2 Å². The Balaban J connectivity index is 1.95. The fourth-order valence-corrected chi connectivity index (χ4v) is 7.96. The topological polar surface area (TPSA) is 95.0 Å². The third-order valence-electron chi connectivity index (χ3n) is 7.25. The lowest BCUT2D eigenvalue weighted by Gasteiger charge is -2.22. The fraction of sp³-hybridized carbons (Fsp3) is 0.586. The van der Waals surface area contributed by atoms with Gasteiger partial charge in [-0.05, 0) is 72.2 Å². The van der Waals surface area contributed by atoms with Crippen LogP contribution in [0.2, 0.25) is 0 Å². The molecule has 0 unspecified atom stereocenters. The molecule has 1 aliphatic carbocycles. The van der Waals surface area contributed by atoms with Crippen LogP contribution in [0.5, 0.6) is 0 Å². The fourth-order valence-electron chi connectivity index (χ4n) is 4.85. The molecule has 0 saturated carbocycles. The van der Waals surface area contributed by atoms with E-state index in [0.29, 0.717) is 37.3 Å². The van der Waals surface area contributed by atoms with Crippen molar-refractivity contribution in [3.63, 3.8) is 0 Å². The van der Waals surface area contributed by atoms with Gasteiger partial charge in [-0.25, -0.2) is 16.8 Å². The van der Waals surface area contributed by atoms with E-state index >= 15 is 0 Å². The first kappa shape index (κ1) is 30.8. The molecule has 0 fully saturated rings. The van der Waals surface area contributed by atoms with Crippen LogP contribution in [0.25, 0.3) is 11.1 Å². The summed E-state index contributed by atoms with van der Waals surface area (Å²) in [5.74, 6) is 0. The van der Waals surface area contributed by atoms with Crippen LogP contribution in [0.4, 0.5) is 0 Å². The predicted molar refractivity (Wildman–Crippen MR) is 153 cm³/mol. The van der Waals surface area contributed by atoms with E-state index in [1.54, 1.807) is 45.0 Å². The van der Waals surface area contributed by atoms with Gasteiger partial charge in [-0.3, -0.25) is 0 Å². The second kappa shape index (κ2) is 13.5. The van der Waals surface area contributed by atoms with Gasteiger partial charge in [-0.15, -0.1) is 0 Å². The molecule has 1 aliphatic rings. The molecular weight excluding hydrogens is 520 g/mol. The average Bonchev–Trinajstić information content (AvgIpc) is 3.19. The lowest BCUT2D eigenvalue weighted by atomic mass is 10.1. The smallest absolute Gasteiger partial charge is 0.243 e. The third-order valence-corrected chi connectivity index (χ3v) is 11.0. The molecular formula is C29H44N2O5S2. The Hall–Kier alpha value is -1.78. The van der Waals surface area contributed by atoms with Crippen molar-refractivity contribution in [1.29, 1.82) is 0 Å². The quantitative estimate of drug-likeness (QED) is 0.273. The van der Waals surface area contributed by atoms with E-state index < -0.39 is 26.2 Å². The molecule has 2 aromatic rings. The molecule has 0 saturated heterocycles. The van der Waals surface area contributed by atoms with Crippen LogP contribution in [-0.4, -0.2) is 56.7 Å². The minimum absolute atomic E-state index is 0.161. The Bertz CT molecular complexity index is 1180. The van der Waals surface area contributed by atoms with Crippen LogP contribution in [0.15, 0.2) is 46.2 Å². The summed E-state index contributed by atoms with van der Waals surface area (Å²) in [6, 6.07) is 9.79. The highest BCUT2D eigenvalue weighted by atomic mass is 32.2.